The molecule has 1 amide bonds. The summed E-state index contributed by atoms with van der Waals surface area (Å²) in [7, 11) is 0. The highest BCUT2D eigenvalue weighted by Gasteiger charge is 2.13. The number of ether oxygens (including phenoxy) is 1. The molecule has 0 saturated heterocycles. The van der Waals surface area contributed by atoms with Gasteiger partial charge in [0.1, 0.15) is 12.2 Å². The Morgan fingerprint density at radius 2 is 2.15 bits per heavy atom. The van der Waals surface area contributed by atoms with Crippen LogP contribution in [0.4, 0.5) is 5.69 Å². The first kappa shape index (κ1) is 13.8. The fourth-order valence-corrected chi connectivity index (χ4v) is 1.82. The van der Waals surface area contributed by atoms with Crippen LogP contribution in [0.3, 0.4) is 0 Å². The Balaban J connectivity index is 2.22. The molecule has 3 N–H and O–H groups in total. The van der Waals surface area contributed by atoms with E-state index in [2.05, 4.69) is 10.3 Å². The van der Waals surface area contributed by atoms with Gasteiger partial charge in [-0.2, -0.15) is 0 Å². The molecule has 20 heavy (non-hydrogen) atoms. The van der Waals surface area contributed by atoms with Gasteiger partial charge in [0.2, 0.25) is 0 Å². The number of esters is 1. The van der Waals surface area contributed by atoms with Gasteiger partial charge in [-0.15, -0.1) is 0 Å². The van der Waals surface area contributed by atoms with Gasteiger partial charge in [-0.05, 0) is 30.5 Å². The summed E-state index contributed by atoms with van der Waals surface area (Å²) in [6.07, 6.45) is 1.54. The van der Waals surface area contributed by atoms with E-state index in [0.29, 0.717) is 11.1 Å². The summed E-state index contributed by atoms with van der Waals surface area (Å²) in [4.78, 5) is 27.3. The van der Waals surface area contributed by atoms with Crippen LogP contribution in [-0.2, 0) is 9.53 Å². The first-order chi connectivity index (χ1) is 9.61. The van der Waals surface area contributed by atoms with Crippen LogP contribution in [-0.4, -0.2) is 30.0 Å². The second-order valence-corrected chi connectivity index (χ2v) is 4.13. The number of carbonyl (C=O) groups excluding carboxylic acids is 2. The van der Waals surface area contributed by atoms with Gasteiger partial charge in [0.05, 0.1) is 6.61 Å². The molecule has 6 nitrogen and oxygen atoms in total. The molecule has 1 aromatic carbocycles. The van der Waals surface area contributed by atoms with E-state index in [9.17, 15) is 9.59 Å². The van der Waals surface area contributed by atoms with Crippen molar-refractivity contribution in [2.75, 3.05) is 18.9 Å². The molecule has 0 spiro atoms. The molecular formula is C14H15N3O3. The molecule has 0 aliphatic rings. The van der Waals surface area contributed by atoms with Gasteiger partial charge in [-0.3, -0.25) is 14.6 Å². The van der Waals surface area contributed by atoms with Gasteiger partial charge in [0.25, 0.3) is 5.91 Å². The molecule has 0 radical (unpaired) electrons. The summed E-state index contributed by atoms with van der Waals surface area (Å²) in [5, 5.41) is 3.98. The quantitative estimate of drug-likeness (QED) is 0.643. The lowest BCUT2D eigenvalue weighted by atomic mass is 10.1. The Kier molecular flexibility index (Phi) is 4.14. The number of aromatic nitrogens is 1. The zero-order valence-electron chi connectivity index (χ0n) is 11.1. The maximum absolute atomic E-state index is 12.1. The number of pyridine rings is 1. The van der Waals surface area contributed by atoms with E-state index in [4.69, 9.17) is 10.5 Å². The predicted molar refractivity (Wildman–Crippen MR) is 75.1 cm³/mol. The van der Waals surface area contributed by atoms with Crippen molar-refractivity contribution in [1.29, 1.82) is 0 Å². The van der Waals surface area contributed by atoms with Gasteiger partial charge >= 0.3 is 5.97 Å². The standard InChI is InChI=1S/C14H15N3O3/c1-2-20-12(18)8-17-14(19)13-11-7-10(15)4-3-9(11)5-6-16-13/h3-7H,2,8,15H2,1H3,(H,17,19). The molecule has 0 unspecified atom stereocenters. The lowest BCUT2D eigenvalue weighted by Gasteiger charge is -2.07. The first-order valence-electron chi connectivity index (χ1n) is 6.20. The Morgan fingerprint density at radius 3 is 2.90 bits per heavy atom. The van der Waals surface area contributed by atoms with Gasteiger partial charge in [-0.25, -0.2) is 0 Å². The highest BCUT2D eigenvalue weighted by molar-refractivity contribution is 6.06. The van der Waals surface area contributed by atoms with Crippen molar-refractivity contribution in [3.8, 4) is 0 Å². The average molecular weight is 273 g/mol. The number of nitrogens with one attached hydrogen (secondary N) is 1. The highest BCUT2D eigenvalue weighted by Crippen LogP contribution is 2.19. The molecule has 2 rings (SSSR count). The summed E-state index contributed by atoms with van der Waals surface area (Å²) in [5.74, 6) is -0.921. The van der Waals surface area contributed by atoms with E-state index < -0.39 is 11.9 Å². The summed E-state index contributed by atoms with van der Waals surface area (Å²) in [5.41, 5.74) is 6.50. The van der Waals surface area contributed by atoms with Gasteiger partial charge in [-0.1, -0.05) is 6.07 Å². The Bertz CT molecular complexity index is 655. The van der Waals surface area contributed by atoms with Crippen LogP contribution in [0, 0.1) is 0 Å². The van der Waals surface area contributed by atoms with Crippen LogP contribution in [0.5, 0.6) is 0 Å². The second kappa shape index (κ2) is 6.01. The lowest BCUT2D eigenvalue weighted by Crippen LogP contribution is -2.31. The number of amides is 1. The van der Waals surface area contributed by atoms with E-state index in [1.807, 2.05) is 6.07 Å². The molecule has 0 fully saturated rings. The van der Waals surface area contributed by atoms with E-state index >= 15 is 0 Å². The highest BCUT2D eigenvalue weighted by atomic mass is 16.5. The Hall–Kier alpha value is -2.63. The maximum atomic E-state index is 12.1. The fourth-order valence-electron chi connectivity index (χ4n) is 1.82. The third-order valence-electron chi connectivity index (χ3n) is 2.70. The maximum Gasteiger partial charge on any atom is 0.325 e. The van der Waals surface area contributed by atoms with Gasteiger partial charge < -0.3 is 15.8 Å². The number of fused-ring (bicyclic) bond motifs is 1. The summed E-state index contributed by atoms with van der Waals surface area (Å²) >= 11 is 0. The molecule has 1 heterocycles. The van der Waals surface area contributed by atoms with Crippen LogP contribution in [0.1, 0.15) is 17.4 Å². The van der Waals surface area contributed by atoms with Crippen LogP contribution < -0.4 is 11.1 Å². The van der Waals surface area contributed by atoms with E-state index in [-0.39, 0.29) is 18.8 Å². The molecule has 104 valence electrons. The minimum atomic E-state index is -0.486. The Morgan fingerprint density at radius 1 is 1.35 bits per heavy atom. The molecule has 1 aromatic heterocycles. The first-order valence-corrected chi connectivity index (χ1v) is 6.20. The number of carbonyl (C=O) groups is 2. The van der Waals surface area contributed by atoms with Crippen molar-refractivity contribution in [3.63, 3.8) is 0 Å². The van der Waals surface area contributed by atoms with Crippen molar-refractivity contribution in [2.24, 2.45) is 0 Å². The zero-order valence-corrected chi connectivity index (χ0v) is 11.1. The minimum absolute atomic E-state index is 0.187. The van der Waals surface area contributed by atoms with Crippen LogP contribution in [0.25, 0.3) is 10.8 Å². The monoisotopic (exact) mass is 273 g/mol. The number of rotatable bonds is 4. The van der Waals surface area contributed by atoms with Crippen LogP contribution >= 0.6 is 0 Å². The number of nitrogen functional groups attached to an aromatic ring is 1. The summed E-state index contributed by atoms with van der Waals surface area (Å²) in [6, 6.07) is 7.04. The molecule has 0 bridgehead atoms. The van der Waals surface area contributed by atoms with Crippen molar-refractivity contribution >= 4 is 28.3 Å². The third kappa shape index (κ3) is 3.03. The number of nitrogens with two attached hydrogens (primary N) is 1. The van der Waals surface area contributed by atoms with Gasteiger partial charge in [0, 0.05) is 17.3 Å². The lowest BCUT2D eigenvalue weighted by molar-refractivity contribution is -0.141. The van der Waals surface area contributed by atoms with Gasteiger partial charge in [0.15, 0.2) is 0 Å². The molecule has 0 atom stereocenters. The second-order valence-electron chi connectivity index (χ2n) is 4.13. The minimum Gasteiger partial charge on any atom is -0.465 e. The molecule has 2 aromatic rings. The van der Waals surface area contributed by atoms with Crippen LogP contribution in [0.2, 0.25) is 0 Å². The SMILES string of the molecule is CCOC(=O)CNC(=O)c1nccc2ccc(N)cc12. The predicted octanol–water partition coefficient (Wildman–Crippen LogP) is 1.11. The smallest absolute Gasteiger partial charge is 0.325 e. The van der Waals surface area contributed by atoms with Crippen molar-refractivity contribution < 1.29 is 14.3 Å². The molecule has 0 saturated carbocycles. The fraction of sp³-hybridized carbons (Fsp3) is 0.214. The largest absolute Gasteiger partial charge is 0.465 e. The Labute approximate surface area is 115 Å². The molecular weight excluding hydrogens is 258 g/mol. The molecule has 0 aliphatic heterocycles. The summed E-state index contributed by atoms with van der Waals surface area (Å²) < 4.78 is 4.74. The van der Waals surface area contributed by atoms with E-state index in [1.165, 1.54) is 6.20 Å². The number of anilines is 1. The summed E-state index contributed by atoms with van der Waals surface area (Å²) in [6.45, 7) is 1.79. The topological polar surface area (TPSA) is 94.3 Å². The zero-order chi connectivity index (χ0) is 14.5. The number of nitrogens with zero attached hydrogens (tertiary/aromatic N) is 1. The number of hydrogen-bond donors (Lipinski definition) is 2. The third-order valence-corrected chi connectivity index (χ3v) is 2.70. The number of benzene rings is 1. The normalized spacial score (nSPS) is 10.2. The average Bonchev–Trinajstić information content (AvgIpc) is 2.44. The van der Waals surface area contributed by atoms with E-state index in [1.54, 1.807) is 25.1 Å². The van der Waals surface area contributed by atoms with Crippen molar-refractivity contribution in [2.45, 2.75) is 6.92 Å². The van der Waals surface area contributed by atoms with E-state index in [0.717, 1.165) is 5.39 Å². The number of hydrogen-bond acceptors (Lipinski definition) is 5. The van der Waals surface area contributed by atoms with Crippen molar-refractivity contribution in [1.82, 2.24) is 10.3 Å². The van der Waals surface area contributed by atoms with Crippen LogP contribution in [0.15, 0.2) is 30.5 Å². The molecule has 6 heteroatoms. The molecule has 0 aliphatic carbocycles. The van der Waals surface area contributed by atoms with Crippen molar-refractivity contribution in [3.05, 3.63) is 36.2 Å².